The molecule has 0 amide bonds. The summed E-state index contributed by atoms with van der Waals surface area (Å²) in [5, 5.41) is 5.22. The Morgan fingerprint density at radius 1 is 1.30 bits per heavy atom. The number of hydrogen-bond acceptors (Lipinski definition) is 3. The van der Waals surface area contributed by atoms with E-state index in [2.05, 4.69) is 12.2 Å². The van der Waals surface area contributed by atoms with Gasteiger partial charge in [0.1, 0.15) is 11.3 Å². The van der Waals surface area contributed by atoms with Crippen molar-refractivity contribution in [2.75, 3.05) is 13.2 Å². The van der Waals surface area contributed by atoms with Gasteiger partial charge >= 0.3 is 0 Å². The molecule has 0 aliphatic carbocycles. The molecule has 0 radical (unpaired) electrons. The number of rotatable bonds is 7. The Kier molecular flexibility index (Phi) is 5.46. The molecule has 1 aromatic carbocycles. The van der Waals surface area contributed by atoms with Gasteiger partial charge in [-0.05, 0) is 51.1 Å². The molecule has 0 aliphatic heterocycles. The zero-order chi connectivity index (χ0) is 14.5. The molecule has 1 N–H and O–H groups in total. The Hall–Kier alpha value is -1.03. The first-order chi connectivity index (χ1) is 9.60. The lowest BCUT2D eigenvalue weighted by atomic mass is 10.2. The molecule has 2 rings (SSSR count). The fourth-order valence-electron chi connectivity index (χ4n) is 2.06. The van der Waals surface area contributed by atoms with Gasteiger partial charge in [-0.3, -0.25) is 0 Å². The van der Waals surface area contributed by atoms with Crippen LogP contribution < -0.4 is 5.32 Å². The van der Waals surface area contributed by atoms with Gasteiger partial charge in [0.15, 0.2) is 0 Å². The maximum Gasteiger partial charge on any atom is 0.134 e. The van der Waals surface area contributed by atoms with E-state index in [4.69, 9.17) is 20.8 Å². The lowest BCUT2D eigenvalue weighted by Gasteiger charge is -2.17. The van der Waals surface area contributed by atoms with Crippen LogP contribution in [0.5, 0.6) is 0 Å². The van der Waals surface area contributed by atoms with Crippen molar-refractivity contribution in [1.82, 2.24) is 5.32 Å². The van der Waals surface area contributed by atoms with Gasteiger partial charge in [0.05, 0.1) is 18.8 Å². The molecule has 0 saturated heterocycles. The average molecular weight is 296 g/mol. The molecule has 0 bridgehead atoms. The Morgan fingerprint density at radius 3 is 2.80 bits per heavy atom. The largest absolute Gasteiger partial charge is 0.459 e. The van der Waals surface area contributed by atoms with Crippen molar-refractivity contribution in [2.24, 2.45) is 0 Å². The second kappa shape index (κ2) is 7.11. The van der Waals surface area contributed by atoms with Crippen LogP contribution in [0.1, 0.15) is 39.0 Å². The van der Waals surface area contributed by atoms with Gasteiger partial charge in [-0.25, -0.2) is 0 Å². The minimum atomic E-state index is 0.0727. The molecule has 0 fully saturated rings. The number of furan rings is 1. The van der Waals surface area contributed by atoms with E-state index in [0.717, 1.165) is 34.7 Å². The molecule has 110 valence electrons. The highest BCUT2D eigenvalue weighted by atomic mass is 35.5. The van der Waals surface area contributed by atoms with Crippen molar-refractivity contribution in [2.45, 2.75) is 39.3 Å². The lowest BCUT2D eigenvalue weighted by molar-refractivity contribution is 0.0571. The summed E-state index contributed by atoms with van der Waals surface area (Å²) >= 11 is 6.01. The van der Waals surface area contributed by atoms with Crippen LogP contribution in [0.25, 0.3) is 11.0 Å². The predicted octanol–water partition coefficient (Wildman–Crippen LogP) is 4.55. The van der Waals surface area contributed by atoms with Gasteiger partial charge in [-0.2, -0.15) is 0 Å². The fraction of sp³-hybridized carbons (Fsp3) is 0.500. The quantitative estimate of drug-likeness (QED) is 0.813. The summed E-state index contributed by atoms with van der Waals surface area (Å²) in [5.41, 5.74) is 0.859. The number of halogens is 1. The first-order valence-electron chi connectivity index (χ1n) is 7.14. The second-order valence-electron chi connectivity index (χ2n) is 5.22. The van der Waals surface area contributed by atoms with E-state index in [1.54, 1.807) is 0 Å². The van der Waals surface area contributed by atoms with Crippen molar-refractivity contribution in [3.63, 3.8) is 0 Å². The van der Waals surface area contributed by atoms with Crippen LogP contribution in [0.2, 0.25) is 5.02 Å². The molecule has 3 nitrogen and oxygen atoms in total. The standard InChI is InChI=1S/C16H22ClNO2/c1-4-7-18-14(10-19-11(2)3)16-9-12-8-13(17)5-6-15(12)20-16/h5-6,8-9,11,14,18H,4,7,10H2,1-3H3. The molecule has 1 unspecified atom stereocenters. The first-order valence-corrected chi connectivity index (χ1v) is 7.52. The van der Waals surface area contributed by atoms with Gasteiger partial charge in [0, 0.05) is 10.4 Å². The van der Waals surface area contributed by atoms with Crippen LogP contribution in [-0.4, -0.2) is 19.3 Å². The highest BCUT2D eigenvalue weighted by Crippen LogP contribution is 2.26. The third kappa shape index (κ3) is 3.98. The SMILES string of the molecule is CCCNC(COC(C)C)c1cc2cc(Cl)ccc2o1. The smallest absolute Gasteiger partial charge is 0.134 e. The van der Waals surface area contributed by atoms with Gasteiger partial charge < -0.3 is 14.5 Å². The van der Waals surface area contributed by atoms with Crippen molar-refractivity contribution in [3.8, 4) is 0 Å². The number of ether oxygens (including phenoxy) is 1. The summed E-state index contributed by atoms with van der Waals surface area (Å²) in [6.45, 7) is 7.76. The molecular weight excluding hydrogens is 274 g/mol. The van der Waals surface area contributed by atoms with E-state index in [1.807, 2.05) is 38.1 Å². The van der Waals surface area contributed by atoms with Gasteiger partial charge in [0.25, 0.3) is 0 Å². The maximum absolute atomic E-state index is 6.01. The van der Waals surface area contributed by atoms with Crippen LogP contribution in [0.4, 0.5) is 0 Å². The van der Waals surface area contributed by atoms with Crippen LogP contribution in [0.15, 0.2) is 28.7 Å². The lowest BCUT2D eigenvalue weighted by Crippen LogP contribution is -2.27. The van der Waals surface area contributed by atoms with Crippen molar-refractivity contribution in [1.29, 1.82) is 0 Å². The first kappa shape index (κ1) is 15.4. The Labute approximate surface area is 125 Å². The minimum Gasteiger partial charge on any atom is -0.459 e. The molecule has 4 heteroatoms. The number of benzene rings is 1. The number of fused-ring (bicyclic) bond motifs is 1. The highest BCUT2D eigenvalue weighted by Gasteiger charge is 2.16. The van der Waals surface area contributed by atoms with E-state index in [-0.39, 0.29) is 12.1 Å². The molecular formula is C16H22ClNO2. The molecule has 1 aromatic heterocycles. The Bertz CT molecular complexity index is 550. The van der Waals surface area contributed by atoms with E-state index >= 15 is 0 Å². The fourth-order valence-corrected chi connectivity index (χ4v) is 2.24. The number of nitrogens with one attached hydrogen (secondary N) is 1. The third-order valence-corrected chi connectivity index (χ3v) is 3.31. The van der Waals surface area contributed by atoms with Crippen molar-refractivity contribution in [3.05, 3.63) is 35.0 Å². The molecule has 20 heavy (non-hydrogen) atoms. The molecule has 1 heterocycles. The van der Waals surface area contributed by atoms with Crippen molar-refractivity contribution >= 4 is 22.6 Å². The van der Waals surface area contributed by atoms with E-state index < -0.39 is 0 Å². The number of hydrogen-bond donors (Lipinski definition) is 1. The molecule has 2 aromatic rings. The molecule has 0 aliphatic rings. The maximum atomic E-state index is 6.01. The topological polar surface area (TPSA) is 34.4 Å². The van der Waals surface area contributed by atoms with E-state index in [1.165, 1.54) is 0 Å². The van der Waals surface area contributed by atoms with Crippen LogP contribution in [0, 0.1) is 0 Å². The normalized spacial score (nSPS) is 13.2. The zero-order valence-electron chi connectivity index (χ0n) is 12.3. The van der Waals surface area contributed by atoms with Crippen molar-refractivity contribution < 1.29 is 9.15 Å². The van der Waals surface area contributed by atoms with Crippen LogP contribution in [-0.2, 0) is 4.74 Å². The summed E-state index contributed by atoms with van der Waals surface area (Å²) in [4.78, 5) is 0. The Morgan fingerprint density at radius 2 is 2.10 bits per heavy atom. The molecule has 0 spiro atoms. The summed E-state index contributed by atoms with van der Waals surface area (Å²) in [5.74, 6) is 0.899. The van der Waals surface area contributed by atoms with Gasteiger partial charge in [-0.1, -0.05) is 18.5 Å². The second-order valence-corrected chi connectivity index (χ2v) is 5.66. The summed E-state index contributed by atoms with van der Waals surface area (Å²) in [7, 11) is 0. The zero-order valence-corrected chi connectivity index (χ0v) is 13.0. The van der Waals surface area contributed by atoms with Crippen LogP contribution >= 0.6 is 11.6 Å². The molecule has 0 saturated carbocycles. The van der Waals surface area contributed by atoms with E-state index in [0.29, 0.717) is 6.61 Å². The molecule has 1 atom stereocenters. The summed E-state index contributed by atoms with van der Waals surface area (Å²) in [6, 6.07) is 7.78. The third-order valence-electron chi connectivity index (χ3n) is 3.08. The summed E-state index contributed by atoms with van der Waals surface area (Å²) < 4.78 is 11.6. The van der Waals surface area contributed by atoms with Gasteiger partial charge in [-0.15, -0.1) is 0 Å². The monoisotopic (exact) mass is 295 g/mol. The van der Waals surface area contributed by atoms with Gasteiger partial charge in [0.2, 0.25) is 0 Å². The Balaban J connectivity index is 2.20. The minimum absolute atomic E-state index is 0.0727. The summed E-state index contributed by atoms with van der Waals surface area (Å²) in [6.07, 6.45) is 1.28. The van der Waals surface area contributed by atoms with Crippen LogP contribution in [0.3, 0.4) is 0 Å². The predicted molar refractivity (Wildman–Crippen MR) is 83.3 cm³/mol. The highest BCUT2D eigenvalue weighted by molar-refractivity contribution is 6.31. The average Bonchev–Trinajstić information content (AvgIpc) is 2.81. The van der Waals surface area contributed by atoms with E-state index in [9.17, 15) is 0 Å².